The number of allylic oxidation sites excluding steroid dienone is 2. The fourth-order valence-corrected chi connectivity index (χ4v) is 3.54. The fraction of sp³-hybridized carbons (Fsp3) is 0.0741. The molecule has 0 unspecified atom stereocenters. The number of hydrogen-bond donors (Lipinski definition) is 2. The Morgan fingerprint density at radius 2 is 1.85 bits per heavy atom. The lowest BCUT2D eigenvalue weighted by atomic mass is 10.0. The Morgan fingerprint density at radius 1 is 1.06 bits per heavy atom. The lowest BCUT2D eigenvalue weighted by molar-refractivity contribution is -0.114. The number of amides is 1. The number of anilines is 1. The van der Waals surface area contributed by atoms with Crippen LogP contribution in [-0.4, -0.2) is 27.6 Å². The maximum absolute atomic E-state index is 11.6. The molecule has 7 heteroatoms. The van der Waals surface area contributed by atoms with Gasteiger partial charge in [0, 0.05) is 23.5 Å². The van der Waals surface area contributed by atoms with Crippen molar-refractivity contribution in [2.45, 2.75) is 13.5 Å². The minimum Gasteiger partial charge on any atom is -0.366 e. The van der Waals surface area contributed by atoms with E-state index < -0.39 is 5.91 Å². The Kier molecular flexibility index (Phi) is 6.84. The molecule has 34 heavy (non-hydrogen) atoms. The molecular weight excluding hydrogens is 424 g/mol. The second kappa shape index (κ2) is 10.3. The highest BCUT2D eigenvalue weighted by Gasteiger charge is 2.15. The van der Waals surface area contributed by atoms with Gasteiger partial charge in [-0.1, -0.05) is 48.5 Å². The minimum absolute atomic E-state index is 0.361. The number of nitrogens with zero attached hydrogens (tertiary/aromatic N) is 4. The molecule has 2 aromatic heterocycles. The average molecular weight is 449 g/mol. The van der Waals surface area contributed by atoms with E-state index in [0.717, 1.165) is 27.7 Å². The van der Waals surface area contributed by atoms with Gasteiger partial charge in [-0.05, 0) is 49.0 Å². The number of aliphatic imine (C=N–C) groups is 1. The summed E-state index contributed by atoms with van der Waals surface area (Å²) in [6, 6.07) is 21.8. The molecule has 0 aliphatic rings. The van der Waals surface area contributed by atoms with E-state index in [2.05, 4.69) is 34.1 Å². The van der Waals surface area contributed by atoms with Crippen molar-refractivity contribution in [1.29, 1.82) is 0 Å². The quantitative estimate of drug-likeness (QED) is 0.229. The third kappa shape index (κ3) is 5.05. The van der Waals surface area contributed by atoms with E-state index in [1.54, 1.807) is 19.2 Å². The number of nitrogens with one attached hydrogen (secondary N) is 1. The van der Waals surface area contributed by atoms with Crippen molar-refractivity contribution in [2.75, 3.05) is 5.32 Å². The molecule has 0 atom stereocenters. The van der Waals surface area contributed by atoms with Gasteiger partial charge in [0.15, 0.2) is 5.82 Å². The van der Waals surface area contributed by atoms with Crippen LogP contribution in [0.2, 0.25) is 0 Å². The van der Waals surface area contributed by atoms with Crippen LogP contribution in [0.1, 0.15) is 18.4 Å². The van der Waals surface area contributed by atoms with Crippen LogP contribution in [0.4, 0.5) is 5.82 Å². The molecule has 2 aromatic carbocycles. The van der Waals surface area contributed by atoms with Crippen molar-refractivity contribution >= 4 is 34.9 Å². The maximum atomic E-state index is 11.6. The Bertz CT molecular complexity index is 1400. The van der Waals surface area contributed by atoms with E-state index in [-0.39, 0.29) is 0 Å². The van der Waals surface area contributed by atoms with Gasteiger partial charge >= 0.3 is 0 Å². The molecule has 2 heterocycles. The largest absolute Gasteiger partial charge is 0.366 e. The molecular formula is C27H24N6O. The predicted octanol–water partition coefficient (Wildman–Crippen LogP) is 4.78. The molecule has 168 valence electrons. The summed E-state index contributed by atoms with van der Waals surface area (Å²) in [5.74, 6) is 0.509. The first kappa shape index (κ1) is 22.5. The normalized spacial score (nSPS) is 11.9. The first-order valence-corrected chi connectivity index (χ1v) is 10.7. The number of pyridine rings is 1. The first-order chi connectivity index (χ1) is 16.6. The number of nitrogens with two attached hydrogens (primary N) is 1. The van der Waals surface area contributed by atoms with Crippen LogP contribution in [0.5, 0.6) is 0 Å². The molecule has 1 amide bonds. The SMILES string of the molecule is C=N/C=C(\C=C(/C)C(N)=O)c1nc(NCc2ccccn2)c2c(-c3ccccc3)cccc2n1. The number of primary amides is 1. The fourth-order valence-electron chi connectivity index (χ4n) is 3.54. The monoisotopic (exact) mass is 448 g/mol. The molecule has 0 aliphatic heterocycles. The Labute approximate surface area is 197 Å². The van der Waals surface area contributed by atoms with Crippen molar-refractivity contribution in [3.05, 3.63) is 102 Å². The van der Waals surface area contributed by atoms with E-state index in [1.807, 2.05) is 54.6 Å². The van der Waals surface area contributed by atoms with Crippen LogP contribution >= 0.6 is 0 Å². The highest BCUT2D eigenvalue weighted by atomic mass is 16.1. The zero-order valence-corrected chi connectivity index (χ0v) is 18.8. The molecule has 0 bridgehead atoms. The summed E-state index contributed by atoms with van der Waals surface area (Å²) in [6.45, 7) is 5.65. The van der Waals surface area contributed by atoms with Crippen LogP contribution in [-0.2, 0) is 11.3 Å². The van der Waals surface area contributed by atoms with Crippen LogP contribution < -0.4 is 11.1 Å². The first-order valence-electron chi connectivity index (χ1n) is 10.7. The smallest absolute Gasteiger partial charge is 0.244 e. The molecule has 0 saturated heterocycles. The van der Waals surface area contributed by atoms with Gasteiger partial charge in [0.1, 0.15) is 5.82 Å². The molecule has 0 saturated carbocycles. The molecule has 0 fully saturated rings. The minimum atomic E-state index is -0.532. The lowest BCUT2D eigenvalue weighted by Crippen LogP contribution is -2.12. The summed E-state index contributed by atoms with van der Waals surface area (Å²) in [6.07, 6.45) is 4.88. The van der Waals surface area contributed by atoms with E-state index >= 15 is 0 Å². The molecule has 4 aromatic rings. The van der Waals surface area contributed by atoms with Crippen molar-refractivity contribution < 1.29 is 4.79 Å². The zero-order chi connectivity index (χ0) is 23.9. The van der Waals surface area contributed by atoms with Crippen LogP contribution in [0.15, 0.2) is 95.8 Å². The Morgan fingerprint density at radius 3 is 2.56 bits per heavy atom. The molecule has 0 aliphatic carbocycles. The number of benzene rings is 2. The Hall–Kier alpha value is -4.65. The highest BCUT2D eigenvalue weighted by molar-refractivity contribution is 6.02. The maximum Gasteiger partial charge on any atom is 0.244 e. The highest BCUT2D eigenvalue weighted by Crippen LogP contribution is 2.33. The van der Waals surface area contributed by atoms with Crippen molar-refractivity contribution in [1.82, 2.24) is 15.0 Å². The molecule has 7 nitrogen and oxygen atoms in total. The van der Waals surface area contributed by atoms with E-state index in [4.69, 9.17) is 15.7 Å². The molecule has 3 N–H and O–H groups in total. The van der Waals surface area contributed by atoms with Crippen molar-refractivity contribution in [3.8, 4) is 11.1 Å². The van der Waals surface area contributed by atoms with Crippen LogP contribution in [0, 0.1) is 0 Å². The van der Waals surface area contributed by atoms with Crippen molar-refractivity contribution in [2.24, 2.45) is 10.7 Å². The molecule has 4 rings (SSSR count). The van der Waals surface area contributed by atoms with Gasteiger partial charge < -0.3 is 11.1 Å². The van der Waals surface area contributed by atoms with Gasteiger partial charge in [0.05, 0.1) is 23.1 Å². The van der Waals surface area contributed by atoms with Crippen LogP contribution in [0.3, 0.4) is 0 Å². The summed E-state index contributed by atoms with van der Waals surface area (Å²) >= 11 is 0. The Balaban J connectivity index is 1.91. The second-order valence-electron chi connectivity index (χ2n) is 7.59. The number of hydrogen-bond acceptors (Lipinski definition) is 6. The number of rotatable bonds is 8. The number of fused-ring (bicyclic) bond motifs is 1. The third-order valence-corrected chi connectivity index (χ3v) is 5.22. The second-order valence-corrected chi connectivity index (χ2v) is 7.59. The van der Waals surface area contributed by atoms with Gasteiger partial charge in [-0.2, -0.15) is 0 Å². The van der Waals surface area contributed by atoms with E-state index in [9.17, 15) is 4.79 Å². The average Bonchev–Trinajstić information content (AvgIpc) is 2.87. The van der Waals surface area contributed by atoms with Gasteiger partial charge in [-0.3, -0.25) is 14.8 Å². The summed E-state index contributed by atoms with van der Waals surface area (Å²) in [7, 11) is 0. The number of carbonyl (C=O) groups excluding carboxylic acids is 1. The van der Waals surface area contributed by atoms with E-state index in [0.29, 0.717) is 29.3 Å². The predicted molar refractivity (Wildman–Crippen MR) is 137 cm³/mol. The van der Waals surface area contributed by atoms with Gasteiger partial charge in [0.2, 0.25) is 5.91 Å². The number of aromatic nitrogens is 3. The molecule has 0 radical (unpaired) electrons. The third-order valence-electron chi connectivity index (χ3n) is 5.22. The topological polar surface area (TPSA) is 106 Å². The zero-order valence-electron chi connectivity index (χ0n) is 18.8. The standard InChI is InChI=1S/C27H24N6O/c1-18(25(28)34)15-20(16-29-2)26-32-23-13-8-12-22(19-9-4-3-5-10-19)24(23)27(33-26)31-17-21-11-6-7-14-30-21/h3-16H,2,17H2,1H3,(H2,28,34)(H,31,32,33)/b18-15+,20-16+. The van der Waals surface area contributed by atoms with E-state index in [1.165, 1.54) is 6.20 Å². The van der Waals surface area contributed by atoms with Crippen LogP contribution in [0.25, 0.3) is 27.6 Å². The summed E-state index contributed by atoms with van der Waals surface area (Å²) in [5.41, 5.74) is 10.0. The van der Waals surface area contributed by atoms with Gasteiger partial charge in [-0.15, -0.1) is 0 Å². The number of carbonyl (C=O) groups is 1. The summed E-state index contributed by atoms with van der Waals surface area (Å²) in [5, 5.41) is 4.31. The van der Waals surface area contributed by atoms with Gasteiger partial charge in [-0.25, -0.2) is 9.97 Å². The lowest BCUT2D eigenvalue weighted by Gasteiger charge is -2.15. The summed E-state index contributed by atoms with van der Waals surface area (Å²) < 4.78 is 0. The summed E-state index contributed by atoms with van der Waals surface area (Å²) in [4.78, 5) is 29.5. The van der Waals surface area contributed by atoms with Crippen molar-refractivity contribution in [3.63, 3.8) is 0 Å². The molecule has 0 spiro atoms. The van der Waals surface area contributed by atoms with Gasteiger partial charge in [0.25, 0.3) is 0 Å².